The van der Waals surface area contributed by atoms with Gasteiger partial charge in [-0.25, -0.2) is 0 Å². The molecule has 0 amide bonds. The second-order valence-electron chi connectivity index (χ2n) is 4.38. The zero-order valence-corrected chi connectivity index (χ0v) is 9.73. The zero-order valence-electron chi connectivity index (χ0n) is 8.92. The molecule has 1 fully saturated rings. The van der Waals surface area contributed by atoms with Crippen molar-refractivity contribution in [3.05, 3.63) is 29.8 Å². The second-order valence-corrected chi connectivity index (χ2v) is 5.37. The molecule has 1 aromatic carbocycles. The number of rotatable bonds is 3. The third-order valence-electron chi connectivity index (χ3n) is 2.65. The molecule has 0 aromatic heterocycles. The van der Waals surface area contributed by atoms with E-state index in [1.807, 2.05) is 30.0 Å². The summed E-state index contributed by atoms with van der Waals surface area (Å²) in [5.41, 5.74) is 2.54. The topological polar surface area (TPSA) is 12.0 Å². The van der Waals surface area contributed by atoms with E-state index in [4.69, 9.17) is 6.42 Å². The van der Waals surface area contributed by atoms with Gasteiger partial charge in [-0.15, -0.1) is 6.42 Å². The van der Waals surface area contributed by atoms with Gasteiger partial charge in [-0.2, -0.15) is 11.8 Å². The van der Waals surface area contributed by atoms with Crippen molar-refractivity contribution in [1.82, 2.24) is 0 Å². The standard InChI is InChI=1S/C13H15NS/c1-3-11-5-4-6-12(7-11)14-8-13(2)9-15-10-13/h1,4-7,14H,8-10H2,2H3. The molecular formula is C13H15NS. The lowest BCUT2D eigenvalue weighted by atomic mass is 9.95. The van der Waals surface area contributed by atoms with Gasteiger partial charge in [-0.1, -0.05) is 18.9 Å². The van der Waals surface area contributed by atoms with Gasteiger partial charge >= 0.3 is 0 Å². The lowest BCUT2D eigenvalue weighted by Crippen LogP contribution is -2.38. The molecule has 0 unspecified atom stereocenters. The Morgan fingerprint density at radius 1 is 1.53 bits per heavy atom. The quantitative estimate of drug-likeness (QED) is 0.781. The van der Waals surface area contributed by atoms with Crippen LogP contribution in [0.15, 0.2) is 24.3 Å². The van der Waals surface area contributed by atoms with E-state index in [1.165, 1.54) is 11.5 Å². The van der Waals surface area contributed by atoms with Crippen molar-refractivity contribution < 1.29 is 0 Å². The van der Waals surface area contributed by atoms with Crippen LogP contribution in [0.25, 0.3) is 0 Å². The highest BCUT2D eigenvalue weighted by molar-refractivity contribution is 8.00. The third-order valence-corrected chi connectivity index (χ3v) is 4.45. The minimum Gasteiger partial charge on any atom is -0.384 e. The summed E-state index contributed by atoms with van der Waals surface area (Å²) < 4.78 is 0. The highest BCUT2D eigenvalue weighted by Gasteiger charge is 2.32. The molecule has 0 spiro atoms. The Morgan fingerprint density at radius 2 is 2.33 bits per heavy atom. The summed E-state index contributed by atoms with van der Waals surface area (Å²) >= 11 is 2.01. The molecule has 1 heterocycles. The molecular weight excluding hydrogens is 202 g/mol. The summed E-state index contributed by atoms with van der Waals surface area (Å²) in [6.07, 6.45) is 5.36. The highest BCUT2D eigenvalue weighted by Crippen LogP contribution is 2.37. The Hall–Kier alpha value is -1.07. The smallest absolute Gasteiger partial charge is 0.0352 e. The van der Waals surface area contributed by atoms with Crippen LogP contribution in [0.3, 0.4) is 0 Å². The SMILES string of the molecule is C#Cc1cccc(NCC2(C)CSC2)c1. The number of hydrogen-bond acceptors (Lipinski definition) is 2. The first-order valence-corrected chi connectivity index (χ1v) is 6.26. The van der Waals surface area contributed by atoms with Crippen LogP contribution >= 0.6 is 11.8 Å². The molecule has 0 saturated carbocycles. The molecule has 0 aliphatic carbocycles. The lowest BCUT2D eigenvalue weighted by Gasteiger charge is -2.38. The summed E-state index contributed by atoms with van der Waals surface area (Å²) in [4.78, 5) is 0. The molecule has 0 atom stereocenters. The van der Waals surface area contributed by atoms with E-state index >= 15 is 0 Å². The van der Waals surface area contributed by atoms with E-state index in [-0.39, 0.29) is 0 Å². The number of hydrogen-bond donors (Lipinski definition) is 1. The normalized spacial score (nSPS) is 17.6. The Morgan fingerprint density at radius 3 is 2.93 bits per heavy atom. The van der Waals surface area contributed by atoms with Gasteiger partial charge in [0.05, 0.1) is 0 Å². The van der Waals surface area contributed by atoms with Gasteiger partial charge in [0.2, 0.25) is 0 Å². The van der Waals surface area contributed by atoms with Crippen molar-refractivity contribution in [3.8, 4) is 12.3 Å². The van der Waals surface area contributed by atoms with Crippen LogP contribution < -0.4 is 5.32 Å². The molecule has 1 aliphatic heterocycles. The van der Waals surface area contributed by atoms with Crippen LogP contribution in [-0.4, -0.2) is 18.1 Å². The van der Waals surface area contributed by atoms with Crippen molar-refractivity contribution >= 4 is 17.4 Å². The lowest BCUT2D eigenvalue weighted by molar-refractivity contribution is 0.436. The van der Waals surface area contributed by atoms with E-state index in [2.05, 4.69) is 24.2 Å². The zero-order chi connectivity index (χ0) is 10.7. The molecule has 1 N–H and O–H groups in total. The molecule has 15 heavy (non-hydrogen) atoms. The van der Waals surface area contributed by atoms with Crippen LogP contribution in [0, 0.1) is 17.8 Å². The van der Waals surface area contributed by atoms with E-state index in [9.17, 15) is 0 Å². The van der Waals surface area contributed by atoms with E-state index in [0.717, 1.165) is 17.8 Å². The van der Waals surface area contributed by atoms with Gasteiger partial charge in [-0.3, -0.25) is 0 Å². The summed E-state index contributed by atoms with van der Waals surface area (Å²) in [5.74, 6) is 5.17. The summed E-state index contributed by atoms with van der Waals surface area (Å²) in [7, 11) is 0. The monoisotopic (exact) mass is 217 g/mol. The fraction of sp³-hybridized carbons (Fsp3) is 0.385. The maximum atomic E-state index is 5.36. The maximum Gasteiger partial charge on any atom is 0.0352 e. The predicted octanol–water partition coefficient (Wildman–Crippen LogP) is 2.83. The van der Waals surface area contributed by atoms with Crippen LogP contribution in [-0.2, 0) is 0 Å². The largest absolute Gasteiger partial charge is 0.384 e. The molecule has 1 nitrogen and oxygen atoms in total. The minimum absolute atomic E-state index is 0.469. The summed E-state index contributed by atoms with van der Waals surface area (Å²) in [6.45, 7) is 3.36. The van der Waals surface area contributed by atoms with Crippen LogP contribution in [0.5, 0.6) is 0 Å². The van der Waals surface area contributed by atoms with Crippen molar-refractivity contribution in [2.24, 2.45) is 5.41 Å². The first kappa shape index (κ1) is 10.4. The van der Waals surface area contributed by atoms with Crippen molar-refractivity contribution in [1.29, 1.82) is 0 Å². The Kier molecular flexibility index (Phi) is 2.93. The van der Waals surface area contributed by atoms with E-state index in [1.54, 1.807) is 0 Å². The molecule has 78 valence electrons. The van der Waals surface area contributed by atoms with Crippen LogP contribution in [0.1, 0.15) is 12.5 Å². The number of terminal acetylenes is 1. The Balaban J connectivity index is 1.96. The van der Waals surface area contributed by atoms with Crippen molar-refractivity contribution in [2.75, 3.05) is 23.4 Å². The number of benzene rings is 1. The molecule has 1 aromatic rings. The average molecular weight is 217 g/mol. The van der Waals surface area contributed by atoms with E-state index in [0.29, 0.717) is 5.41 Å². The van der Waals surface area contributed by atoms with Gasteiger partial charge < -0.3 is 5.32 Å². The summed E-state index contributed by atoms with van der Waals surface area (Å²) in [6, 6.07) is 8.03. The summed E-state index contributed by atoms with van der Waals surface area (Å²) in [5, 5.41) is 3.45. The van der Waals surface area contributed by atoms with E-state index < -0.39 is 0 Å². The number of anilines is 1. The van der Waals surface area contributed by atoms with Crippen LogP contribution in [0.2, 0.25) is 0 Å². The Labute approximate surface area is 95.7 Å². The molecule has 1 saturated heterocycles. The van der Waals surface area contributed by atoms with Crippen molar-refractivity contribution in [3.63, 3.8) is 0 Å². The number of nitrogens with one attached hydrogen (secondary N) is 1. The van der Waals surface area contributed by atoms with Crippen LogP contribution in [0.4, 0.5) is 5.69 Å². The van der Waals surface area contributed by atoms with Gasteiger partial charge in [0.25, 0.3) is 0 Å². The van der Waals surface area contributed by atoms with Gasteiger partial charge in [0, 0.05) is 34.7 Å². The first-order valence-electron chi connectivity index (χ1n) is 5.10. The Bertz CT molecular complexity index is 388. The fourth-order valence-corrected chi connectivity index (χ4v) is 2.69. The molecule has 2 heteroatoms. The first-order chi connectivity index (χ1) is 7.22. The second kappa shape index (κ2) is 4.20. The third kappa shape index (κ3) is 2.49. The van der Waals surface area contributed by atoms with Gasteiger partial charge in [0.1, 0.15) is 0 Å². The molecule has 0 bridgehead atoms. The fourth-order valence-electron chi connectivity index (χ4n) is 1.59. The molecule has 1 aliphatic rings. The van der Waals surface area contributed by atoms with Gasteiger partial charge in [0.15, 0.2) is 0 Å². The van der Waals surface area contributed by atoms with Crippen molar-refractivity contribution in [2.45, 2.75) is 6.92 Å². The number of thioether (sulfide) groups is 1. The molecule has 0 radical (unpaired) electrons. The molecule has 2 rings (SSSR count). The predicted molar refractivity (Wildman–Crippen MR) is 68.3 cm³/mol. The minimum atomic E-state index is 0.469. The highest BCUT2D eigenvalue weighted by atomic mass is 32.2. The average Bonchev–Trinajstić information content (AvgIpc) is 2.24. The maximum absolute atomic E-state index is 5.36. The van der Waals surface area contributed by atoms with Gasteiger partial charge in [-0.05, 0) is 18.2 Å².